The highest BCUT2D eigenvalue weighted by molar-refractivity contribution is 9.10. The van der Waals surface area contributed by atoms with Crippen molar-refractivity contribution in [1.29, 1.82) is 0 Å². The van der Waals surface area contributed by atoms with Gasteiger partial charge in [-0.1, -0.05) is 18.2 Å². The van der Waals surface area contributed by atoms with Crippen LogP contribution in [-0.2, 0) is 0 Å². The Morgan fingerprint density at radius 1 is 1.14 bits per heavy atom. The molecule has 0 saturated carbocycles. The Hall–Kier alpha value is -1.45. The van der Waals surface area contributed by atoms with Gasteiger partial charge in [-0.2, -0.15) is 4.37 Å². The first-order chi connectivity index (χ1) is 12.8. The van der Waals surface area contributed by atoms with Gasteiger partial charge >= 0.3 is 0 Å². The van der Waals surface area contributed by atoms with Crippen molar-refractivity contribution in [3.05, 3.63) is 52.9 Å². The largest absolute Gasteiger partial charge is 0.453 e. The van der Waals surface area contributed by atoms with Gasteiger partial charge in [-0.25, -0.2) is 9.97 Å². The molecule has 0 spiro atoms. The minimum atomic E-state index is 0. The SMILES string of the molecule is Brc1cnc(Nc2nc(C3CCNCC3)ns2)c(Oc2ccccc2)c1.Cl.Cl. The monoisotopic (exact) mass is 503 g/mol. The molecular weight excluding hydrogens is 485 g/mol. The zero-order valence-corrected chi connectivity index (χ0v) is 18.8. The molecule has 0 aliphatic carbocycles. The Morgan fingerprint density at radius 2 is 1.89 bits per heavy atom. The van der Waals surface area contributed by atoms with Crippen molar-refractivity contribution in [2.45, 2.75) is 18.8 Å². The van der Waals surface area contributed by atoms with Crippen molar-refractivity contribution >= 4 is 63.2 Å². The minimum Gasteiger partial charge on any atom is -0.453 e. The standard InChI is InChI=1S/C18H18BrN5OS.2ClH/c19-13-10-15(25-14-4-2-1-3-5-14)17(21-11-13)23-18-22-16(24-26-18)12-6-8-20-9-7-12;;/h1-5,10-12,20H,6-9H2,(H,21,22,23,24);2*1H. The lowest BCUT2D eigenvalue weighted by Gasteiger charge is -2.19. The van der Waals surface area contributed by atoms with Crippen LogP contribution >= 0.6 is 52.3 Å². The molecule has 1 aliphatic rings. The number of rotatable bonds is 5. The van der Waals surface area contributed by atoms with Gasteiger partial charge in [0.05, 0.1) is 0 Å². The minimum absolute atomic E-state index is 0. The van der Waals surface area contributed by atoms with E-state index in [-0.39, 0.29) is 24.8 Å². The van der Waals surface area contributed by atoms with E-state index in [1.165, 1.54) is 11.5 Å². The Bertz CT molecular complexity index is 877. The molecule has 1 saturated heterocycles. The third-order valence-corrected chi connectivity index (χ3v) is 5.24. The summed E-state index contributed by atoms with van der Waals surface area (Å²) >= 11 is 4.81. The van der Waals surface area contributed by atoms with Crippen LogP contribution in [0.15, 0.2) is 47.1 Å². The molecule has 0 amide bonds. The lowest BCUT2D eigenvalue weighted by Crippen LogP contribution is -2.27. The molecule has 28 heavy (non-hydrogen) atoms. The summed E-state index contributed by atoms with van der Waals surface area (Å²) in [6.07, 6.45) is 3.89. The number of nitrogens with zero attached hydrogens (tertiary/aromatic N) is 3. The average Bonchev–Trinajstić information content (AvgIpc) is 3.14. The highest BCUT2D eigenvalue weighted by Crippen LogP contribution is 2.33. The van der Waals surface area contributed by atoms with E-state index in [1.54, 1.807) is 6.20 Å². The first-order valence-electron chi connectivity index (χ1n) is 8.48. The van der Waals surface area contributed by atoms with E-state index in [2.05, 4.69) is 40.9 Å². The summed E-state index contributed by atoms with van der Waals surface area (Å²) in [4.78, 5) is 9.10. The van der Waals surface area contributed by atoms with Crippen LogP contribution in [0, 0.1) is 0 Å². The van der Waals surface area contributed by atoms with Crippen molar-refractivity contribution in [2.75, 3.05) is 18.4 Å². The molecule has 10 heteroatoms. The molecule has 4 rings (SSSR count). The van der Waals surface area contributed by atoms with Crippen LogP contribution in [0.5, 0.6) is 11.5 Å². The maximum atomic E-state index is 5.98. The molecule has 2 aromatic heterocycles. The van der Waals surface area contributed by atoms with E-state index in [1.807, 2.05) is 36.4 Å². The van der Waals surface area contributed by atoms with E-state index in [4.69, 9.17) is 4.74 Å². The molecule has 1 aromatic carbocycles. The topological polar surface area (TPSA) is 72.0 Å². The van der Waals surface area contributed by atoms with Gasteiger partial charge in [0, 0.05) is 34.2 Å². The number of halogens is 3. The predicted octanol–water partition coefficient (Wildman–Crippen LogP) is 5.54. The van der Waals surface area contributed by atoms with Gasteiger partial charge < -0.3 is 15.4 Å². The Morgan fingerprint density at radius 3 is 2.64 bits per heavy atom. The van der Waals surface area contributed by atoms with Crippen molar-refractivity contribution in [1.82, 2.24) is 19.7 Å². The van der Waals surface area contributed by atoms with Gasteiger partial charge in [0.1, 0.15) is 11.6 Å². The van der Waals surface area contributed by atoms with Gasteiger partial charge in [-0.15, -0.1) is 24.8 Å². The van der Waals surface area contributed by atoms with E-state index in [0.29, 0.717) is 17.5 Å². The fourth-order valence-electron chi connectivity index (χ4n) is 2.84. The van der Waals surface area contributed by atoms with Crippen LogP contribution in [0.1, 0.15) is 24.6 Å². The van der Waals surface area contributed by atoms with Gasteiger partial charge in [0.15, 0.2) is 11.6 Å². The third-order valence-electron chi connectivity index (χ3n) is 4.16. The van der Waals surface area contributed by atoms with E-state index in [9.17, 15) is 0 Å². The lowest BCUT2D eigenvalue weighted by molar-refractivity contribution is 0.448. The van der Waals surface area contributed by atoms with Gasteiger partial charge in [0.2, 0.25) is 5.13 Å². The summed E-state index contributed by atoms with van der Waals surface area (Å²) in [6.45, 7) is 2.05. The fraction of sp³-hybridized carbons (Fsp3) is 0.278. The second kappa shape index (κ2) is 10.9. The van der Waals surface area contributed by atoms with Crippen LogP contribution in [0.3, 0.4) is 0 Å². The Kier molecular flexibility index (Phi) is 8.91. The van der Waals surface area contributed by atoms with E-state index >= 15 is 0 Å². The second-order valence-electron chi connectivity index (χ2n) is 6.02. The third kappa shape index (κ3) is 5.78. The van der Waals surface area contributed by atoms with Crippen LogP contribution < -0.4 is 15.4 Å². The zero-order valence-electron chi connectivity index (χ0n) is 14.8. The lowest BCUT2D eigenvalue weighted by atomic mass is 9.98. The summed E-state index contributed by atoms with van der Waals surface area (Å²) in [5.41, 5.74) is 0. The molecule has 3 aromatic rings. The Labute approximate surface area is 188 Å². The number of hydrogen-bond donors (Lipinski definition) is 2. The number of aromatic nitrogens is 3. The van der Waals surface area contributed by atoms with Crippen molar-refractivity contribution < 1.29 is 4.74 Å². The molecule has 2 N–H and O–H groups in total. The van der Waals surface area contributed by atoms with Gasteiger partial charge in [0.25, 0.3) is 0 Å². The Balaban J connectivity index is 0.00000140. The van der Waals surface area contributed by atoms with Crippen LogP contribution in [0.4, 0.5) is 10.9 Å². The fourth-order valence-corrected chi connectivity index (χ4v) is 3.80. The number of benzene rings is 1. The molecule has 1 fully saturated rings. The maximum Gasteiger partial charge on any atom is 0.208 e. The summed E-state index contributed by atoms with van der Waals surface area (Å²) < 4.78 is 11.4. The summed E-state index contributed by atoms with van der Waals surface area (Å²) in [6, 6.07) is 11.5. The van der Waals surface area contributed by atoms with E-state index < -0.39 is 0 Å². The quantitative estimate of drug-likeness (QED) is 0.475. The molecule has 6 nitrogen and oxygen atoms in total. The van der Waals surface area contributed by atoms with Crippen molar-refractivity contribution in [2.24, 2.45) is 0 Å². The number of nitrogens with one attached hydrogen (secondary N) is 2. The molecular formula is C18H20BrCl2N5OS. The summed E-state index contributed by atoms with van der Waals surface area (Å²) in [7, 11) is 0. The number of anilines is 2. The predicted molar refractivity (Wildman–Crippen MR) is 121 cm³/mol. The highest BCUT2D eigenvalue weighted by Gasteiger charge is 2.20. The van der Waals surface area contributed by atoms with Crippen LogP contribution in [0.25, 0.3) is 0 Å². The molecule has 0 unspecified atom stereocenters. The second-order valence-corrected chi connectivity index (χ2v) is 7.69. The molecule has 0 atom stereocenters. The van der Waals surface area contributed by atoms with Gasteiger partial charge in [-0.05, 0) is 54.0 Å². The smallest absolute Gasteiger partial charge is 0.208 e. The van der Waals surface area contributed by atoms with Crippen molar-refractivity contribution in [3.8, 4) is 11.5 Å². The molecule has 0 bridgehead atoms. The maximum absolute atomic E-state index is 5.98. The normalized spacial score (nSPS) is 13.9. The number of piperidine rings is 1. The van der Waals surface area contributed by atoms with E-state index in [0.717, 1.165) is 47.1 Å². The number of hydrogen-bond acceptors (Lipinski definition) is 7. The molecule has 150 valence electrons. The van der Waals surface area contributed by atoms with Crippen molar-refractivity contribution in [3.63, 3.8) is 0 Å². The molecule has 0 radical (unpaired) electrons. The number of pyridine rings is 1. The van der Waals surface area contributed by atoms with Gasteiger partial charge in [-0.3, -0.25) is 0 Å². The number of para-hydroxylation sites is 1. The molecule has 1 aliphatic heterocycles. The first kappa shape index (κ1) is 22.8. The van der Waals surface area contributed by atoms with Crippen LogP contribution in [0.2, 0.25) is 0 Å². The summed E-state index contributed by atoms with van der Waals surface area (Å²) in [5, 5.41) is 7.35. The average molecular weight is 505 g/mol. The summed E-state index contributed by atoms with van der Waals surface area (Å²) in [5.74, 6) is 3.35. The highest BCUT2D eigenvalue weighted by atomic mass is 79.9. The number of ether oxygens (including phenoxy) is 1. The molecule has 3 heterocycles. The zero-order chi connectivity index (χ0) is 17.8. The van der Waals surface area contributed by atoms with Crippen LogP contribution in [-0.4, -0.2) is 27.4 Å². The first-order valence-corrected chi connectivity index (χ1v) is 10.0.